The van der Waals surface area contributed by atoms with E-state index in [9.17, 15) is 9.59 Å². The van der Waals surface area contributed by atoms with Gasteiger partial charge in [-0.3, -0.25) is 19.6 Å². The third-order valence-electron chi connectivity index (χ3n) is 11.4. The van der Waals surface area contributed by atoms with Crippen molar-refractivity contribution in [3.05, 3.63) is 105 Å². The number of fused-ring (bicyclic) bond motifs is 4. The number of benzene rings is 3. The third kappa shape index (κ3) is 6.64. The van der Waals surface area contributed by atoms with Crippen molar-refractivity contribution in [3.63, 3.8) is 0 Å². The molecular weight excluding hydrogens is 636 g/mol. The van der Waals surface area contributed by atoms with Gasteiger partial charge in [-0.05, 0) is 98.4 Å². The second kappa shape index (κ2) is 14.0. The molecule has 264 valence electrons. The molecule has 8 heteroatoms. The number of rotatable bonds is 9. The summed E-state index contributed by atoms with van der Waals surface area (Å²) in [6, 6.07) is 16.0. The van der Waals surface area contributed by atoms with Gasteiger partial charge < -0.3 is 19.3 Å². The van der Waals surface area contributed by atoms with Crippen LogP contribution in [-0.2, 0) is 18.6 Å². The Kier molecular flexibility index (Phi) is 9.44. The van der Waals surface area contributed by atoms with Crippen LogP contribution in [0.4, 0.5) is 11.4 Å². The number of nitrogens with zero attached hydrogens (tertiary/aromatic N) is 4. The summed E-state index contributed by atoms with van der Waals surface area (Å²) in [5.74, 6) is 1.42. The van der Waals surface area contributed by atoms with E-state index in [4.69, 9.17) is 19.5 Å². The fraction of sp³-hybridized carbons (Fsp3) is 0.395. The number of hydrogen-bond acceptors (Lipinski definition) is 6. The number of ether oxygens (including phenoxy) is 2. The predicted molar refractivity (Wildman–Crippen MR) is 203 cm³/mol. The number of amides is 2. The van der Waals surface area contributed by atoms with Gasteiger partial charge in [-0.2, -0.15) is 0 Å². The molecule has 0 bridgehead atoms. The van der Waals surface area contributed by atoms with E-state index >= 15 is 0 Å². The highest BCUT2D eigenvalue weighted by atomic mass is 16.5. The number of aryl methyl sites for hydroxylation is 1. The molecule has 0 radical (unpaired) electrons. The fourth-order valence-electron chi connectivity index (χ4n) is 7.59. The van der Waals surface area contributed by atoms with Gasteiger partial charge in [0.1, 0.15) is 24.7 Å². The van der Waals surface area contributed by atoms with E-state index in [-0.39, 0.29) is 29.3 Å². The largest absolute Gasteiger partial charge is 0.489 e. The molecule has 4 aliphatic heterocycles. The Bertz CT molecular complexity index is 2000. The van der Waals surface area contributed by atoms with Crippen molar-refractivity contribution in [2.45, 2.75) is 97.9 Å². The summed E-state index contributed by atoms with van der Waals surface area (Å²) in [5.41, 5.74) is 9.30. The zero-order valence-corrected chi connectivity index (χ0v) is 30.7. The molecule has 2 atom stereocenters. The Morgan fingerprint density at radius 3 is 1.92 bits per heavy atom. The minimum absolute atomic E-state index is 0.000570. The van der Waals surface area contributed by atoms with E-state index < -0.39 is 0 Å². The molecule has 0 spiro atoms. The minimum Gasteiger partial charge on any atom is -0.489 e. The van der Waals surface area contributed by atoms with Crippen LogP contribution in [-0.4, -0.2) is 59.2 Å². The second-order valence-corrected chi connectivity index (χ2v) is 14.6. The molecule has 0 N–H and O–H groups in total. The van der Waals surface area contributed by atoms with Crippen molar-refractivity contribution in [2.75, 3.05) is 13.1 Å². The normalized spacial score (nSPS) is 21.1. The van der Waals surface area contributed by atoms with Gasteiger partial charge in [-0.15, -0.1) is 0 Å². The average Bonchev–Trinajstić information content (AvgIpc) is 3.72. The van der Waals surface area contributed by atoms with Crippen LogP contribution < -0.4 is 9.47 Å². The number of carbonyl (C=O) groups excluding carboxylic acids is 2. The summed E-state index contributed by atoms with van der Waals surface area (Å²) in [7, 11) is 0. The molecule has 51 heavy (non-hydrogen) atoms. The standard InChI is InChI=1S/C43H48N4O4/c1-7-28-17-33-21-44-38-19-35(11-12-36(38)41(48)46(33)23-28)50-25-30-14-31(16-32(15-30)43(6,9-3)10-4)26-51-40-20-39-37(13-27(40)5)42(49)47-24-29(8-2)18-34(47)22-45-39/h7-8,11-16,19-22,33-34H,9-10,17-18,23-26H2,1-6H3/b28-7+,29-8+/t33-,34-/m0/s1. The van der Waals surface area contributed by atoms with Crippen molar-refractivity contribution in [2.24, 2.45) is 9.98 Å². The molecule has 8 nitrogen and oxygen atoms in total. The molecule has 0 saturated carbocycles. The van der Waals surface area contributed by atoms with Crippen LogP contribution >= 0.6 is 0 Å². The first-order valence-electron chi connectivity index (χ1n) is 18.3. The van der Waals surface area contributed by atoms with Gasteiger partial charge in [0.25, 0.3) is 11.8 Å². The van der Waals surface area contributed by atoms with E-state index in [0.717, 1.165) is 42.4 Å². The maximum Gasteiger partial charge on any atom is 0.256 e. The Labute approximate surface area is 301 Å². The lowest BCUT2D eigenvalue weighted by Crippen LogP contribution is -2.35. The summed E-state index contributed by atoms with van der Waals surface area (Å²) < 4.78 is 12.8. The predicted octanol–water partition coefficient (Wildman–Crippen LogP) is 8.98. The lowest BCUT2D eigenvalue weighted by molar-refractivity contribution is 0.0770. The molecule has 4 aliphatic rings. The Morgan fingerprint density at radius 2 is 1.33 bits per heavy atom. The van der Waals surface area contributed by atoms with Crippen LogP contribution in [0, 0.1) is 6.92 Å². The highest BCUT2D eigenvalue weighted by Gasteiger charge is 2.35. The Morgan fingerprint density at radius 1 is 0.765 bits per heavy atom. The molecule has 0 aliphatic carbocycles. The van der Waals surface area contributed by atoms with Crippen molar-refractivity contribution in [1.82, 2.24) is 9.80 Å². The number of hydrogen-bond donors (Lipinski definition) is 0. The molecular formula is C43H48N4O4. The van der Waals surface area contributed by atoms with Crippen molar-refractivity contribution in [1.29, 1.82) is 0 Å². The summed E-state index contributed by atoms with van der Waals surface area (Å²) in [4.78, 5) is 40.2. The van der Waals surface area contributed by atoms with Gasteiger partial charge in [0.05, 0.1) is 34.6 Å². The van der Waals surface area contributed by atoms with Gasteiger partial charge in [0.2, 0.25) is 0 Å². The van der Waals surface area contributed by atoms with Gasteiger partial charge in [-0.1, -0.05) is 56.2 Å². The zero-order chi connectivity index (χ0) is 35.9. The van der Waals surface area contributed by atoms with Gasteiger partial charge in [0, 0.05) is 37.7 Å². The average molecular weight is 685 g/mol. The number of carbonyl (C=O) groups is 2. The van der Waals surface area contributed by atoms with Crippen LogP contribution in [0.25, 0.3) is 0 Å². The van der Waals surface area contributed by atoms with Crippen LogP contribution in [0.1, 0.15) is 103 Å². The van der Waals surface area contributed by atoms with Crippen LogP contribution in [0.3, 0.4) is 0 Å². The maximum absolute atomic E-state index is 13.5. The quantitative estimate of drug-likeness (QED) is 0.211. The topological polar surface area (TPSA) is 83.8 Å². The van der Waals surface area contributed by atoms with Crippen molar-refractivity contribution < 1.29 is 19.1 Å². The molecule has 0 aromatic heterocycles. The monoisotopic (exact) mass is 684 g/mol. The first kappa shape index (κ1) is 34.5. The van der Waals surface area contributed by atoms with E-state index in [1.165, 1.54) is 16.7 Å². The summed E-state index contributed by atoms with van der Waals surface area (Å²) in [6.45, 7) is 14.8. The zero-order valence-electron chi connectivity index (χ0n) is 30.7. The second-order valence-electron chi connectivity index (χ2n) is 14.6. The molecule has 2 saturated heterocycles. The molecule has 4 heterocycles. The van der Waals surface area contributed by atoms with Gasteiger partial charge in [0.15, 0.2) is 0 Å². The van der Waals surface area contributed by atoms with Crippen LogP contribution in [0.15, 0.2) is 81.8 Å². The summed E-state index contributed by atoms with van der Waals surface area (Å²) in [5, 5.41) is 0. The Hall–Kier alpha value is -4.98. The smallest absolute Gasteiger partial charge is 0.256 e. The molecule has 3 aromatic rings. The highest BCUT2D eigenvalue weighted by Crippen LogP contribution is 2.37. The molecule has 0 unspecified atom stereocenters. The highest BCUT2D eigenvalue weighted by molar-refractivity contribution is 6.04. The van der Waals surface area contributed by atoms with Crippen LogP contribution in [0.2, 0.25) is 0 Å². The first-order valence-corrected chi connectivity index (χ1v) is 18.3. The SMILES string of the molecule is C/C=C1\C[C@H]2C=Nc3cc(OCc4cc(COc5cc6c(cc5C)C(=O)N5C/C(=C/C)C[C@H]5C=N6)cc(C(C)(CC)CC)c4)ccc3C(=O)N2C1. The van der Waals surface area contributed by atoms with Gasteiger partial charge in [-0.25, -0.2) is 0 Å². The lowest BCUT2D eigenvalue weighted by atomic mass is 9.77. The van der Waals surface area contributed by atoms with Crippen molar-refractivity contribution >= 4 is 35.6 Å². The number of allylic oxidation sites excluding steroid dienone is 2. The molecule has 2 amide bonds. The summed E-state index contributed by atoms with van der Waals surface area (Å²) >= 11 is 0. The van der Waals surface area contributed by atoms with E-state index in [0.29, 0.717) is 60.3 Å². The first-order chi connectivity index (χ1) is 24.6. The maximum atomic E-state index is 13.5. The third-order valence-corrected chi connectivity index (χ3v) is 11.4. The van der Waals surface area contributed by atoms with Crippen LogP contribution in [0.5, 0.6) is 11.5 Å². The summed E-state index contributed by atoms with van der Waals surface area (Å²) in [6.07, 6.45) is 11.7. The minimum atomic E-state index is -0.0129. The molecule has 2 fully saturated rings. The fourth-order valence-corrected chi connectivity index (χ4v) is 7.59. The molecule has 3 aromatic carbocycles. The lowest BCUT2D eigenvalue weighted by Gasteiger charge is -2.28. The van der Waals surface area contributed by atoms with Crippen molar-refractivity contribution in [3.8, 4) is 11.5 Å². The molecule has 7 rings (SSSR count). The Balaban J connectivity index is 1.10. The number of aliphatic imine (C=N–C) groups is 2. The van der Waals surface area contributed by atoms with E-state index in [1.807, 2.05) is 73.3 Å². The van der Waals surface area contributed by atoms with Gasteiger partial charge >= 0.3 is 0 Å². The van der Waals surface area contributed by atoms with E-state index in [1.54, 1.807) is 0 Å². The van der Waals surface area contributed by atoms with E-state index in [2.05, 4.69) is 51.1 Å².